The molecule has 0 N–H and O–H groups in total. The number of hydrogen-bond acceptors (Lipinski definition) is 1. The maximum absolute atomic E-state index is 4.21. The van der Waals surface area contributed by atoms with Gasteiger partial charge in [0.15, 0.2) is 0 Å². The van der Waals surface area contributed by atoms with Gasteiger partial charge < -0.3 is 0 Å². The van der Waals surface area contributed by atoms with Crippen LogP contribution in [0.2, 0.25) is 0 Å². The molecule has 0 radical (unpaired) electrons. The molecule has 0 aliphatic rings. The van der Waals surface area contributed by atoms with E-state index >= 15 is 0 Å². The summed E-state index contributed by atoms with van der Waals surface area (Å²) >= 11 is 0. The normalized spacial score (nSPS) is 13.4. The van der Waals surface area contributed by atoms with Crippen LogP contribution in [0.1, 0.15) is 33.6 Å². The molecule has 0 aromatic rings. The zero-order valence-corrected chi connectivity index (χ0v) is 7.96. The molecule has 11 heavy (non-hydrogen) atoms. The van der Waals surface area contributed by atoms with E-state index in [2.05, 4.69) is 23.8 Å². The first-order valence-corrected chi connectivity index (χ1v) is 4.25. The second-order valence-corrected chi connectivity index (χ2v) is 2.48. The Kier molecular flexibility index (Phi) is 5.71. The predicted octanol–water partition coefficient (Wildman–Crippen LogP) is 2.54. The SMILES string of the molecule is CC=NC(=NC)C(CC)CC. The van der Waals surface area contributed by atoms with Crippen molar-refractivity contribution in [2.24, 2.45) is 15.9 Å². The van der Waals surface area contributed by atoms with Gasteiger partial charge in [0, 0.05) is 19.2 Å². The molecule has 0 bridgehead atoms. The van der Waals surface area contributed by atoms with Gasteiger partial charge in [0.25, 0.3) is 0 Å². The maximum atomic E-state index is 4.21. The van der Waals surface area contributed by atoms with E-state index in [1.807, 2.05) is 6.92 Å². The van der Waals surface area contributed by atoms with E-state index in [0.29, 0.717) is 5.92 Å². The number of rotatable bonds is 3. The lowest BCUT2D eigenvalue weighted by atomic mass is 10.0. The highest BCUT2D eigenvalue weighted by atomic mass is 14.9. The quantitative estimate of drug-likeness (QED) is 0.441. The van der Waals surface area contributed by atoms with Crippen molar-refractivity contribution in [3.63, 3.8) is 0 Å². The standard InChI is InChI=1S/C9H18N2/c1-5-8(6-2)9(10-4)11-7-3/h7-8H,5-6H2,1-4H3. The molecule has 0 aliphatic heterocycles. The van der Waals surface area contributed by atoms with Crippen LogP contribution in [-0.4, -0.2) is 19.1 Å². The van der Waals surface area contributed by atoms with Gasteiger partial charge in [-0.15, -0.1) is 0 Å². The summed E-state index contributed by atoms with van der Waals surface area (Å²) in [6, 6.07) is 0. The first-order chi connectivity index (χ1) is 5.29. The van der Waals surface area contributed by atoms with Crippen LogP contribution in [0.4, 0.5) is 0 Å². The Bertz CT molecular complexity index is 144. The number of nitrogens with zero attached hydrogens (tertiary/aromatic N) is 2. The Morgan fingerprint density at radius 1 is 1.36 bits per heavy atom. The molecule has 0 spiro atoms. The molecular weight excluding hydrogens is 136 g/mol. The summed E-state index contributed by atoms with van der Waals surface area (Å²) in [5.74, 6) is 1.52. The number of amidine groups is 1. The molecule has 0 saturated carbocycles. The van der Waals surface area contributed by atoms with E-state index < -0.39 is 0 Å². The zero-order chi connectivity index (χ0) is 8.69. The van der Waals surface area contributed by atoms with Crippen LogP contribution in [-0.2, 0) is 0 Å². The van der Waals surface area contributed by atoms with Gasteiger partial charge in [-0.05, 0) is 19.8 Å². The summed E-state index contributed by atoms with van der Waals surface area (Å²) in [5, 5.41) is 0. The summed E-state index contributed by atoms with van der Waals surface area (Å²) in [6.45, 7) is 6.27. The van der Waals surface area contributed by atoms with Crippen LogP contribution < -0.4 is 0 Å². The monoisotopic (exact) mass is 154 g/mol. The molecule has 0 heterocycles. The minimum atomic E-state index is 0.538. The number of hydrogen-bond donors (Lipinski definition) is 0. The molecule has 0 saturated heterocycles. The van der Waals surface area contributed by atoms with Gasteiger partial charge in [-0.3, -0.25) is 4.99 Å². The highest BCUT2D eigenvalue weighted by molar-refractivity contribution is 5.90. The molecule has 0 aromatic carbocycles. The minimum Gasteiger partial charge on any atom is -0.274 e. The zero-order valence-electron chi connectivity index (χ0n) is 7.96. The molecule has 0 rings (SSSR count). The molecule has 0 amide bonds. The molecule has 0 unspecified atom stereocenters. The van der Waals surface area contributed by atoms with Crippen molar-refractivity contribution in [1.29, 1.82) is 0 Å². The smallest absolute Gasteiger partial charge is 0.125 e. The van der Waals surface area contributed by atoms with Crippen LogP contribution in [0.25, 0.3) is 0 Å². The Morgan fingerprint density at radius 3 is 2.18 bits per heavy atom. The molecule has 2 nitrogen and oxygen atoms in total. The first-order valence-electron chi connectivity index (χ1n) is 4.25. The van der Waals surface area contributed by atoms with Crippen molar-refractivity contribution in [3.8, 4) is 0 Å². The second-order valence-electron chi connectivity index (χ2n) is 2.48. The highest BCUT2D eigenvalue weighted by Crippen LogP contribution is 2.10. The Hall–Kier alpha value is -0.660. The van der Waals surface area contributed by atoms with E-state index in [4.69, 9.17) is 0 Å². The fraction of sp³-hybridized carbons (Fsp3) is 0.778. The van der Waals surface area contributed by atoms with Crippen molar-refractivity contribution in [1.82, 2.24) is 0 Å². The molecule has 2 heteroatoms. The van der Waals surface area contributed by atoms with Gasteiger partial charge >= 0.3 is 0 Å². The van der Waals surface area contributed by atoms with Crippen LogP contribution in [0.5, 0.6) is 0 Å². The summed E-state index contributed by atoms with van der Waals surface area (Å²) in [5.41, 5.74) is 0. The summed E-state index contributed by atoms with van der Waals surface area (Å²) in [7, 11) is 1.81. The van der Waals surface area contributed by atoms with Crippen molar-refractivity contribution >= 4 is 12.1 Å². The highest BCUT2D eigenvalue weighted by Gasteiger charge is 2.08. The van der Waals surface area contributed by atoms with Crippen molar-refractivity contribution in [2.75, 3.05) is 7.05 Å². The molecule has 0 aliphatic carbocycles. The molecular formula is C9H18N2. The van der Waals surface area contributed by atoms with Crippen molar-refractivity contribution in [2.45, 2.75) is 33.6 Å². The van der Waals surface area contributed by atoms with Crippen LogP contribution in [0.15, 0.2) is 9.98 Å². The van der Waals surface area contributed by atoms with Crippen LogP contribution in [0.3, 0.4) is 0 Å². The van der Waals surface area contributed by atoms with Crippen LogP contribution in [0, 0.1) is 5.92 Å². The fourth-order valence-electron chi connectivity index (χ4n) is 1.13. The van der Waals surface area contributed by atoms with Crippen molar-refractivity contribution < 1.29 is 0 Å². The third-order valence-electron chi connectivity index (χ3n) is 1.84. The van der Waals surface area contributed by atoms with Gasteiger partial charge in [-0.1, -0.05) is 13.8 Å². The van der Waals surface area contributed by atoms with Crippen molar-refractivity contribution in [3.05, 3.63) is 0 Å². The lowest BCUT2D eigenvalue weighted by Gasteiger charge is -2.10. The largest absolute Gasteiger partial charge is 0.274 e. The second kappa shape index (κ2) is 6.08. The summed E-state index contributed by atoms with van der Waals surface area (Å²) in [6.07, 6.45) is 4.06. The minimum absolute atomic E-state index is 0.538. The predicted molar refractivity (Wildman–Crippen MR) is 51.6 cm³/mol. The summed E-state index contributed by atoms with van der Waals surface area (Å²) in [4.78, 5) is 8.35. The third kappa shape index (κ3) is 3.30. The topological polar surface area (TPSA) is 24.7 Å². The first kappa shape index (κ1) is 10.3. The Labute approximate surface area is 69.4 Å². The average Bonchev–Trinajstić information content (AvgIpc) is 2.05. The van der Waals surface area contributed by atoms with Gasteiger partial charge in [0.05, 0.1) is 0 Å². The lowest BCUT2D eigenvalue weighted by molar-refractivity contribution is 0.637. The van der Waals surface area contributed by atoms with E-state index in [1.165, 1.54) is 0 Å². The van der Waals surface area contributed by atoms with E-state index in [0.717, 1.165) is 18.7 Å². The lowest BCUT2D eigenvalue weighted by Crippen LogP contribution is -2.10. The van der Waals surface area contributed by atoms with E-state index in [1.54, 1.807) is 13.3 Å². The van der Waals surface area contributed by atoms with E-state index in [-0.39, 0.29) is 0 Å². The van der Waals surface area contributed by atoms with Gasteiger partial charge in [-0.25, -0.2) is 4.99 Å². The molecule has 0 aromatic heterocycles. The molecule has 64 valence electrons. The summed E-state index contributed by atoms with van der Waals surface area (Å²) < 4.78 is 0. The van der Waals surface area contributed by atoms with Gasteiger partial charge in [-0.2, -0.15) is 0 Å². The molecule has 0 atom stereocenters. The van der Waals surface area contributed by atoms with Crippen LogP contribution >= 0.6 is 0 Å². The van der Waals surface area contributed by atoms with Gasteiger partial charge in [0.2, 0.25) is 0 Å². The van der Waals surface area contributed by atoms with E-state index in [9.17, 15) is 0 Å². The van der Waals surface area contributed by atoms with Gasteiger partial charge in [0.1, 0.15) is 5.84 Å². The number of aliphatic imine (C=N–C) groups is 2. The maximum Gasteiger partial charge on any atom is 0.125 e. The molecule has 0 fully saturated rings. The fourth-order valence-corrected chi connectivity index (χ4v) is 1.13. The third-order valence-corrected chi connectivity index (χ3v) is 1.84. The average molecular weight is 154 g/mol. The Morgan fingerprint density at radius 2 is 1.91 bits per heavy atom. The Balaban J connectivity index is 4.22.